The normalized spacial score (nSPS) is 10.8. The third-order valence-corrected chi connectivity index (χ3v) is 5.70. The summed E-state index contributed by atoms with van der Waals surface area (Å²) in [6, 6.07) is 14.9. The average Bonchev–Trinajstić information content (AvgIpc) is 3.52. The van der Waals surface area contributed by atoms with Crippen LogP contribution in [0.3, 0.4) is 0 Å². The Hall–Kier alpha value is -3.04. The van der Waals surface area contributed by atoms with E-state index >= 15 is 0 Å². The summed E-state index contributed by atoms with van der Waals surface area (Å²) in [7, 11) is 1.61. The van der Waals surface area contributed by atoms with Gasteiger partial charge in [-0.25, -0.2) is 0 Å². The van der Waals surface area contributed by atoms with Gasteiger partial charge in [-0.15, -0.1) is 21.5 Å². The number of hydrogen-bond donors (Lipinski definition) is 0. The SMILES string of the molecule is COc1ccc(N(Cc2cccs2)C(=O)CSc2nnc(-c3ccco3)o2)cc1. The van der Waals surface area contributed by atoms with Crippen LogP contribution in [0.25, 0.3) is 11.7 Å². The van der Waals surface area contributed by atoms with Crippen LogP contribution in [0.4, 0.5) is 5.69 Å². The molecule has 0 unspecified atom stereocenters. The van der Waals surface area contributed by atoms with Gasteiger partial charge < -0.3 is 18.5 Å². The molecule has 0 saturated carbocycles. The number of carbonyl (C=O) groups is 1. The summed E-state index contributed by atoms with van der Waals surface area (Å²) in [5, 5.41) is 10.2. The van der Waals surface area contributed by atoms with Crippen molar-refractivity contribution in [3.63, 3.8) is 0 Å². The van der Waals surface area contributed by atoms with Gasteiger partial charge in [-0.2, -0.15) is 0 Å². The molecule has 3 heterocycles. The van der Waals surface area contributed by atoms with Crippen molar-refractivity contribution in [2.75, 3.05) is 17.8 Å². The molecular formula is C20H17N3O4S2. The number of methoxy groups -OCH3 is 1. The maximum absolute atomic E-state index is 13.0. The van der Waals surface area contributed by atoms with Crippen LogP contribution in [0.15, 0.2) is 74.2 Å². The molecule has 4 aromatic rings. The molecule has 0 aliphatic heterocycles. The Morgan fingerprint density at radius 2 is 2.03 bits per heavy atom. The van der Waals surface area contributed by atoms with E-state index in [2.05, 4.69) is 10.2 Å². The van der Waals surface area contributed by atoms with Crippen LogP contribution in [0.5, 0.6) is 5.75 Å². The highest BCUT2D eigenvalue weighted by Crippen LogP contribution is 2.26. The van der Waals surface area contributed by atoms with Crippen molar-refractivity contribution in [1.29, 1.82) is 0 Å². The Kier molecular flexibility index (Phi) is 5.97. The molecule has 29 heavy (non-hydrogen) atoms. The number of ether oxygens (including phenoxy) is 1. The lowest BCUT2D eigenvalue weighted by atomic mass is 10.2. The van der Waals surface area contributed by atoms with Crippen LogP contribution in [0.1, 0.15) is 4.88 Å². The molecule has 0 spiro atoms. The molecule has 0 atom stereocenters. The van der Waals surface area contributed by atoms with E-state index in [1.165, 1.54) is 18.0 Å². The van der Waals surface area contributed by atoms with Crippen LogP contribution >= 0.6 is 23.1 Å². The first-order chi connectivity index (χ1) is 14.2. The molecule has 0 bridgehead atoms. The largest absolute Gasteiger partial charge is 0.497 e. The van der Waals surface area contributed by atoms with Gasteiger partial charge in [-0.3, -0.25) is 4.79 Å². The van der Waals surface area contributed by atoms with E-state index in [1.807, 2.05) is 41.8 Å². The van der Waals surface area contributed by atoms with Crippen molar-refractivity contribution in [3.05, 3.63) is 65.1 Å². The Balaban J connectivity index is 1.47. The Morgan fingerprint density at radius 3 is 2.72 bits per heavy atom. The molecule has 0 fully saturated rings. The lowest BCUT2D eigenvalue weighted by Gasteiger charge is -2.22. The summed E-state index contributed by atoms with van der Waals surface area (Å²) < 4.78 is 16.0. The molecule has 148 valence electrons. The first-order valence-electron chi connectivity index (χ1n) is 8.70. The molecular weight excluding hydrogens is 410 g/mol. The molecule has 3 aromatic heterocycles. The maximum Gasteiger partial charge on any atom is 0.284 e. The van der Waals surface area contributed by atoms with Crippen LogP contribution in [-0.4, -0.2) is 29.0 Å². The minimum absolute atomic E-state index is 0.0636. The summed E-state index contributed by atoms with van der Waals surface area (Å²) in [6.45, 7) is 0.491. The number of rotatable bonds is 8. The highest BCUT2D eigenvalue weighted by atomic mass is 32.2. The van der Waals surface area contributed by atoms with Crippen LogP contribution < -0.4 is 9.64 Å². The van der Waals surface area contributed by atoms with Crippen LogP contribution in [0.2, 0.25) is 0 Å². The molecule has 7 nitrogen and oxygen atoms in total. The molecule has 0 N–H and O–H groups in total. The standard InChI is InChI=1S/C20H17N3O4S2/c1-25-15-8-6-14(7-9-15)23(12-16-4-3-11-28-16)18(24)13-29-20-22-21-19(27-20)17-5-2-10-26-17/h2-11H,12-13H2,1H3. The summed E-state index contributed by atoms with van der Waals surface area (Å²) in [5.74, 6) is 1.62. The van der Waals surface area contributed by atoms with Crippen molar-refractivity contribution in [1.82, 2.24) is 10.2 Å². The Morgan fingerprint density at radius 1 is 1.17 bits per heavy atom. The summed E-state index contributed by atoms with van der Waals surface area (Å²) in [4.78, 5) is 15.8. The first-order valence-corrected chi connectivity index (χ1v) is 10.6. The van der Waals surface area contributed by atoms with Gasteiger partial charge in [-0.05, 0) is 47.8 Å². The highest BCUT2D eigenvalue weighted by Gasteiger charge is 2.19. The number of anilines is 1. The minimum Gasteiger partial charge on any atom is -0.497 e. The van der Waals surface area contributed by atoms with Gasteiger partial charge in [0.1, 0.15) is 5.75 Å². The second-order valence-corrected chi connectivity index (χ2v) is 7.86. The van der Waals surface area contributed by atoms with Crippen molar-refractivity contribution in [2.24, 2.45) is 0 Å². The zero-order valence-electron chi connectivity index (χ0n) is 15.5. The fourth-order valence-electron chi connectivity index (χ4n) is 2.61. The van der Waals surface area contributed by atoms with E-state index in [9.17, 15) is 4.79 Å². The number of nitrogens with zero attached hydrogens (tertiary/aromatic N) is 3. The number of benzene rings is 1. The van der Waals surface area contributed by atoms with Gasteiger partial charge in [-0.1, -0.05) is 17.8 Å². The number of carbonyl (C=O) groups excluding carboxylic acids is 1. The second-order valence-electron chi connectivity index (χ2n) is 5.90. The van der Waals surface area contributed by atoms with Crippen molar-refractivity contribution >= 4 is 34.7 Å². The number of thioether (sulfide) groups is 1. The van der Waals surface area contributed by atoms with E-state index in [4.69, 9.17) is 13.6 Å². The van der Waals surface area contributed by atoms with Crippen LogP contribution in [-0.2, 0) is 11.3 Å². The number of amides is 1. The fraction of sp³-hybridized carbons (Fsp3) is 0.150. The lowest BCUT2D eigenvalue weighted by Crippen LogP contribution is -2.31. The third kappa shape index (κ3) is 4.69. The van der Waals surface area contributed by atoms with Crippen LogP contribution in [0, 0.1) is 0 Å². The van der Waals surface area contributed by atoms with E-state index in [0.29, 0.717) is 17.5 Å². The first kappa shape index (κ1) is 19.3. The van der Waals surface area contributed by atoms with Crippen molar-refractivity contribution < 1.29 is 18.4 Å². The molecule has 1 aromatic carbocycles. The van der Waals surface area contributed by atoms with Gasteiger partial charge >= 0.3 is 0 Å². The van der Waals surface area contributed by atoms with Gasteiger partial charge in [0.2, 0.25) is 5.91 Å². The van der Waals surface area contributed by atoms with Gasteiger partial charge in [0.15, 0.2) is 5.76 Å². The van der Waals surface area contributed by atoms with E-state index in [-0.39, 0.29) is 17.6 Å². The number of aromatic nitrogens is 2. The number of hydrogen-bond acceptors (Lipinski definition) is 8. The molecule has 0 aliphatic carbocycles. The fourth-order valence-corrected chi connectivity index (χ4v) is 3.95. The minimum atomic E-state index is -0.0636. The van der Waals surface area contributed by atoms with Crippen molar-refractivity contribution in [3.8, 4) is 17.4 Å². The zero-order chi connectivity index (χ0) is 20.1. The van der Waals surface area contributed by atoms with E-state index < -0.39 is 0 Å². The van der Waals surface area contributed by atoms with Gasteiger partial charge in [0, 0.05) is 10.6 Å². The average molecular weight is 428 g/mol. The maximum atomic E-state index is 13.0. The lowest BCUT2D eigenvalue weighted by molar-refractivity contribution is -0.116. The Labute approximate surface area is 175 Å². The molecule has 9 heteroatoms. The molecule has 0 radical (unpaired) electrons. The summed E-state index contributed by atoms with van der Waals surface area (Å²) in [6.07, 6.45) is 1.53. The highest BCUT2D eigenvalue weighted by molar-refractivity contribution is 7.99. The molecule has 4 rings (SSSR count). The summed E-state index contributed by atoms with van der Waals surface area (Å²) in [5.41, 5.74) is 0.798. The third-order valence-electron chi connectivity index (χ3n) is 4.04. The predicted molar refractivity (Wildman–Crippen MR) is 111 cm³/mol. The smallest absolute Gasteiger partial charge is 0.284 e. The van der Waals surface area contributed by atoms with E-state index in [1.54, 1.807) is 35.5 Å². The monoisotopic (exact) mass is 427 g/mol. The Bertz CT molecular complexity index is 1040. The topological polar surface area (TPSA) is 81.6 Å². The van der Waals surface area contributed by atoms with Gasteiger partial charge in [0.05, 0.1) is 25.7 Å². The molecule has 1 amide bonds. The number of thiophene rings is 1. The van der Waals surface area contributed by atoms with Gasteiger partial charge in [0.25, 0.3) is 11.1 Å². The zero-order valence-corrected chi connectivity index (χ0v) is 17.1. The van der Waals surface area contributed by atoms with E-state index in [0.717, 1.165) is 16.3 Å². The number of furan rings is 1. The molecule has 0 aliphatic rings. The second kappa shape index (κ2) is 8.97. The van der Waals surface area contributed by atoms with Crippen molar-refractivity contribution in [2.45, 2.75) is 11.8 Å². The predicted octanol–water partition coefficient (Wildman–Crippen LogP) is 4.73. The summed E-state index contributed by atoms with van der Waals surface area (Å²) >= 11 is 2.81. The molecule has 0 saturated heterocycles. The quantitative estimate of drug-likeness (QED) is 0.376.